The number of thiophene rings is 4. The number of ether oxygens (including phenoxy) is 2. The van der Waals surface area contributed by atoms with E-state index in [1.807, 2.05) is 45.3 Å². The average Bonchev–Trinajstić information content (AvgIpc) is 1.54. The van der Waals surface area contributed by atoms with Crippen LogP contribution >= 0.6 is 68.8 Å². The molecule has 0 fully saturated rings. The molecule has 0 bridgehead atoms. The molecule has 0 aliphatic rings. The zero-order valence-corrected chi connectivity index (χ0v) is 63.6. The molecule has 0 saturated heterocycles. The Morgan fingerprint density at radius 2 is 0.635 bits per heavy atom. The minimum absolute atomic E-state index is 0.673. The lowest BCUT2D eigenvalue weighted by Gasteiger charge is -2.18. The lowest BCUT2D eigenvalue weighted by molar-refractivity contribution is 0.304. The van der Waals surface area contributed by atoms with Crippen LogP contribution in [0, 0.1) is 13.8 Å². The van der Waals surface area contributed by atoms with Gasteiger partial charge in [-0.3, -0.25) is 0 Å². The molecular weight excluding hydrogens is 1290 g/mol. The van der Waals surface area contributed by atoms with Gasteiger partial charge in [0, 0.05) is 60.9 Å². The van der Waals surface area contributed by atoms with Gasteiger partial charge in [0.1, 0.15) is 33.6 Å². The van der Waals surface area contributed by atoms with Crippen LogP contribution in [0.1, 0.15) is 255 Å². The zero-order valence-electron chi connectivity index (χ0n) is 58.7. The zero-order chi connectivity index (χ0) is 66.3. The molecule has 0 N–H and O–H groups in total. The molecule has 0 aliphatic heterocycles. The van der Waals surface area contributed by atoms with Crippen LogP contribution in [-0.4, -0.2) is 30.7 Å². The Hall–Kier alpha value is -5.34. The maximum absolute atomic E-state index is 7.27. The van der Waals surface area contributed by atoms with E-state index in [9.17, 15) is 0 Å². The van der Waals surface area contributed by atoms with E-state index in [2.05, 4.69) is 139 Å². The molecule has 0 atom stereocenters. The number of aryl methyl sites for hydroxylation is 2. The molecular formula is C84H106N4O2S6. The van der Waals surface area contributed by atoms with E-state index < -0.39 is 0 Å². The van der Waals surface area contributed by atoms with Crippen LogP contribution in [-0.2, 0) is 12.8 Å². The summed E-state index contributed by atoms with van der Waals surface area (Å²) in [7, 11) is 0. The molecule has 0 radical (unpaired) electrons. The highest BCUT2D eigenvalue weighted by molar-refractivity contribution is 7.25. The number of aromatic nitrogens is 4. The van der Waals surface area contributed by atoms with Gasteiger partial charge in [0.15, 0.2) is 0 Å². The number of fused-ring (bicyclic) bond motifs is 4. The van der Waals surface area contributed by atoms with Crippen LogP contribution in [0.15, 0.2) is 97.1 Å². The molecule has 96 heavy (non-hydrogen) atoms. The Morgan fingerprint density at radius 3 is 1.08 bits per heavy atom. The minimum Gasteiger partial charge on any atom is -0.493 e. The number of unbranched alkanes of at least 4 members (excludes halogenated alkanes) is 28. The summed E-state index contributed by atoms with van der Waals surface area (Å²) in [5.41, 5.74) is 16.1. The first-order chi connectivity index (χ1) is 47.4. The Balaban J connectivity index is 1.04. The van der Waals surface area contributed by atoms with Crippen molar-refractivity contribution in [1.29, 1.82) is 0 Å². The van der Waals surface area contributed by atoms with Gasteiger partial charge in [0.05, 0.1) is 47.8 Å². The van der Waals surface area contributed by atoms with Crippen LogP contribution in [0.5, 0.6) is 11.5 Å². The topological polar surface area (TPSA) is 70.0 Å². The first kappa shape index (κ1) is 71.9. The van der Waals surface area contributed by atoms with Gasteiger partial charge >= 0.3 is 0 Å². The molecule has 11 aromatic rings. The monoisotopic (exact) mass is 1390 g/mol. The fraction of sp³-hybridized carbons (Fsp3) is 0.500. The lowest BCUT2D eigenvalue weighted by Crippen LogP contribution is -2.03. The van der Waals surface area contributed by atoms with Crippen LogP contribution in [0.4, 0.5) is 0 Å². The van der Waals surface area contributed by atoms with E-state index >= 15 is 0 Å². The molecule has 0 unspecified atom stereocenters. The van der Waals surface area contributed by atoms with Crippen LogP contribution in [0.3, 0.4) is 0 Å². The summed E-state index contributed by atoms with van der Waals surface area (Å²) in [5, 5.41) is 2.84. The van der Waals surface area contributed by atoms with Crippen molar-refractivity contribution in [3.05, 3.63) is 119 Å². The van der Waals surface area contributed by atoms with Crippen molar-refractivity contribution in [2.45, 2.75) is 260 Å². The van der Waals surface area contributed by atoms with Gasteiger partial charge in [-0.15, -0.1) is 45.3 Å². The summed E-state index contributed by atoms with van der Waals surface area (Å²) in [6.45, 7) is 15.2. The molecule has 6 heterocycles. The van der Waals surface area contributed by atoms with E-state index in [0.717, 1.165) is 87.1 Å². The molecule has 6 aromatic heterocycles. The van der Waals surface area contributed by atoms with Crippen molar-refractivity contribution < 1.29 is 9.47 Å². The quantitative estimate of drug-likeness (QED) is 0.0355. The summed E-state index contributed by atoms with van der Waals surface area (Å²) >= 11 is 10.4. The third-order valence-electron chi connectivity index (χ3n) is 19.8. The third-order valence-corrected chi connectivity index (χ3v) is 25.8. The highest BCUT2D eigenvalue weighted by atomic mass is 32.1. The van der Waals surface area contributed by atoms with Gasteiger partial charge in [-0.25, -0.2) is 0 Å². The summed E-state index contributed by atoms with van der Waals surface area (Å²) < 4.78 is 38.3. The van der Waals surface area contributed by atoms with E-state index in [-0.39, 0.29) is 0 Å². The second-order valence-electron chi connectivity index (χ2n) is 27.2. The number of hydrogen-bond acceptors (Lipinski definition) is 12. The maximum atomic E-state index is 7.27. The van der Waals surface area contributed by atoms with Crippen LogP contribution in [0.25, 0.3) is 105 Å². The van der Waals surface area contributed by atoms with Gasteiger partial charge in [0.2, 0.25) is 0 Å². The third kappa shape index (κ3) is 18.0. The fourth-order valence-corrected chi connectivity index (χ4v) is 20.4. The molecule has 12 heteroatoms. The van der Waals surface area contributed by atoms with Crippen molar-refractivity contribution in [2.24, 2.45) is 0 Å². The smallest absolute Gasteiger partial charge is 0.133 e. The largest absolute Gasteiger partial charge is 0.493 e. The van der Waals surface area contributed by atoms with Gasteiger partial charge in [0.25, 0.3) is 0 Å². The molecule has 0 saturated carbocycles. The van der Waals surface area contributed by atoms with Crippen molar-refractivity contribution >= 4 is 111 Å². The van der Waals surface area contributed by atoms with Gasteiger partial charge in [-0.05, 0) is 122 Å². The van der Waals surface area contributed by atoms with E-state index in [1.54, 1.807) is 0 Å². The SMILES string of the molecule is CCCCCCCCCCCCc1c2cc(-c3c(OCCCCCCCC)c(C)c(-c4ccccc4)c4nsnc34)sc2c(CCCCCCCCCCCC)c2cc(-c3c(C)c(OCCCCCCCC)c(-c4ccc(-c5ccc(-c6ccccc6)s5)s4)c4nsnc34)sc12. The van der Waals surface area contributed by atoms with Gasteiger partial charge < -0.3 is 9.47 Å². The minimum atomic E-state index is 0.673. The molecule has 510 valence electrons. The number of rotatable bonds is 44. The van der Waals surface area contributed by atoms with Gasteiger partial charge in [-0.1, -0.05) is 268 Å². The highest BCUT2D eigenvalue weighted by Gasteiger charge is 2.30. The number of benzene rings is 5. The van der Waals surface area contributed by atoms with Crippen molar-refractivity contribution in [2.75, 3.05) is 13.2 Å². The second kappa shape index (κ2) is 37.7. The Bertz CT molecular complexity index is 4070. The van der Waals surface area contributed by atoms with E-state index in [4.69, 9.17) is 27.0 Å². The Labute approximate surface area is 599 Å². The summed E-state index contributed by atoms with van der Waals surface area (Å²) in [5.74, 6) is 1.94. The highest BCUT2D eigenvalue weighted by Crippen LogP contribution is 2.55. The number of hydrogen-bond donors (Lipinski definition) is 0. The Morgan fingerprint density at radius 1 is 0.302 bits per heavy atom. The first-order valence-electron chi connectivity index (χ1n) is 37.6. The number of nitrogens with zero attached hydrogens (tertiary/aromatic N) is 4. The van der Waals surface area contributed by atoms with E-state index in [0.29, 0.717) is 13.2 Å². The van der Waals surface area contributed by atoms with Crippen LogP contribution in [0.2, 0.25) is 0 Å². The molecule has 6 nitrogen and oxygen atoms in total. The van der Waals surface area contributed by atoms with Gasteiger partial charge in [-0.2, -0.15) is 17.5 Å². The predicted octanol–water partition coefficient (Wildman–Crippen LogP) is 29.3. The molecule has 5 aromatic carbocycles. The fourth-order valence-electron chi connectivity index (χ4n) is 14.5. The molecule has 0 aliphatic carbocycles. The standard InChI is InChI=1S/C84H106N4O2S6/c1-7-11-15-19-23-25-27-29-31-41-49-63-65-57-71(74-60(6)82(90-56-44-34-22-18-14-10-4)75(79-78(74)86-96-87-79)70-54-53-69(92-70)68-52-51-67(91-68)61-45-37-35-38-46-61)93-83(65)64(50-42-32-30-28-26-24-20-16-12-8-2)66-58-72(94-84(63)66)76-80-77(85-95-88-80)73(62-47-39-36-40-48-62)59(5)81(76)89-55-43-33-21-17-13-9-3/h35-40,45-48,51-54,57-58H,7-34,41-44,49-50,55-56H2,1-6H3. The summed E-state index contributed by atoms with van der Waals surface area (Å²) in [6, 6.07) is 36.0. The lowest BCUT2D eigenvalue weighted by atomic mass is 9.92. The summed E-state index contributed by atoms with van der Waals surface area (Å²) in [4.78, 5) is 7.53. The van der Waals surface area contributed by atoms with Crippen molar-refractivity contribution in [3.63, 3.8) is 0 Å². The molecule has 0 amide bonds. The van der Waals surface area contributed by atoms with Crippen molar-refractivity contribution in [1.82, 2.24) is 17.5 Å². The van der Waals surface area contributed by atoms with E-state index in [1.165, 1.54) is 293 Å². The Kier molecular flexibility index (Phi) is 28.3. The van der Waals surface area contributed by atoms with Crippen molar-refractivity contribution in [3.8, 4) is 74.1 Å². The van der Waals surface area contributed by atoms with Crippen LogP contribution < -0.4 is 9.47 Å². The summed E-state index contributed by atoms with van der Waals surface area (Å²) in [6.07, 6.45) is 42.9. The maximum Gasteiger partial charge on any atom is 0.133 e. The average molecular weight is 1400 g/mol. The molecule has 0 spiro atoms. The normalized spacial score (nSPS) is 11.9. The molecule has 11 rings (SSSR count). The second-order valence-corrected chi connectivity index (χ2v) is 32.5. The predicted molar refractivity (Wildman–Crippen MR) is 426 cm³/mol. The first-order valence-corrected chi connectivity index (χ1v) is 42.3.